The monoisotopic (exact) mass is 449 g/mol. The van der Waals surface area contributed by atoms with Crippen LogP contribution in [0.5, 0.6) is 0 Å². The van der Waals surface area contributed by atoms with Gasteiger partial charge in [-0.3, -0.25) is 14.4 Å². The Balaban J connectivity index is 1.40. The summed E-state index contributed by atoms with van der Waals surface area (Å²) in [5.41, 5.74) is 0.184. The second-order valence-electron chi connectivity index (χ2n) is 7.22. The lowest BCUT2D eigenvalue weighted by Gasteiger charge is -2.31. The second-order valence-corrected chi connectivity index (χ2v) is 7.62. The Hall–Kier alpha value is -3.00. The van der Waals surface area contributed by atoms with Crippen LogP contribution in [0.25, 0.3) is 0 Å². The van der Waals surface area contributed by atoms with Crippen molar-refractivity contribution in [3.05, 3.63) is 70.2 Å². The first-order valence-electron chi connectivity index (χ1n) is 9.91. The molecular weight excluding hydrogens is 428 g/mol. The number of nitrogens with one attached hydrogen (secondary N) is 2. The van der Waals surface area contributed by atoms with Gasteiger partial charge in [0, 0.05) is 38.2 Å². The number of rotatable bonds is 6. The van der Waals surface area contributed by atoms with Crippen molar-refractivity contribution >= 4 is 29.3 Å². The van der Waals surface area contributed by atoms with Crippen molar-refractivity contribution in [3.63, 3.8) is 0 Å². The van der Waals surface area contributed by atoms with Crippen LogP contribution in [0.15, 0.2) is 42.5 Å². The zero-order chi connectivity index (χ0) is 22.4. The Kier molecular flexibility index (Phi) is 7.57. The van der Waals surface area contributed by atoms with Crippen LogP contribution in [-0.4, -0.2) is 48.8 Å². The average molecular weight is 450 g/mol. The molecule has 0 atom stereocenters. The van der Waals surface area contributed by atoms with Gasteiger partial charge >= 0.3 is 0 Å². The van der Waals surface area contributed by atoms with Gasteiger partial charge < -0.3 is 15.5 Å². The number of carbonyl (C=O) groups excluding carboxylic acids is 3. The van der Waals surface area contributed by atoms with Crippen molar-refractivity contribution in [1.82, 2.24) is 15.5 Å². The van der Waals surface area contributed by atoms with Crippen LogP contribution < -0.4 is 10.6 Å². The van der Waals surface area contributed by atoms with Crippen molar-refractivity contribution in [2.24, 2.45) is 5.92 Å². The number of hydrogen-bond donors (Lipinski definition) is 2. The molecule has 2 aromatic carbocycles. The van der Waals surface area contributed by atoms with Crippen LogP contribution in [0.1, 0.15) is 33.6 Å². The second kappa shape index (κ2) is 10.3. The summed E-state index contributed by atoms with van der Waals surface area (Å²) < 4.78 is 26.9. The van der Waals surface area contributed by atoms with Crippen molar-refractivity contribution < 1.29 is 23.2 Å². The molecular formula is C22H22ClF2N3O3. The summed E-state index contributed by atoms with van der Waals surface area (Å²) >= 11 is 5.98. The van der Waals surface area contributed by atoms with E-state index in [-0.39, 0.29) is 36.4 Å². The predicted octanol–water partition coefficient (Wildman–Crippen LogP) is 3.02. The minimum absolute atomic E-state index is 0.160. The molecule has 2 N–H and O–H groups in total. The van der Waals surface area contributed by atoms with Crippen LogP contribution in [-0.2, 0) is 4.79 Å². The molecule has 0 unspecified atom stereocenters. The van der Waals surface area contributed by atoms with E-state index in [1.807, 2.05) is 0 Å². The Morgan fingerprint density at radius 2 is 1.65 bits per heavy atom. The molecule has 0 saturated carbocycles. The van der Waals surface area contributed by atoms with E-state index in [1.54, 1.807) is 24.3 Å². The fraction of sp³-hybridized carbons (Fsp3) is 0.318. The largest absolute Gasteiger partial charge is 0.354 e. The third kappa shape index (κ3) is 5.79. The standard InChI is InChI=1S/C22H22ClF2N3O3/c23-18-4-2-1-3-16(18)21(30)27-10-9-26-20(29)14-7-11-28(12-8-14)22(31)17-6-5-15(24)13-19(17)25/h1-6,13-14H,7-12H2,(H,26,29)(H,27,30). The third-order valence-corrected chi connectivity index (χ3v) is 5.47. The average Bonchev–Trinajstić information content (AvgIpc) is 2.76. The van der Waals surface area contributed by atoms with E-state index in [4.69, 9.17) is 11.6 Å². The fourth-order valence-corrected chi connectivity index (χ4v) is 3.65. The van der Waals surface area contributed by atoms with Gasteiger partial charge in [-0.1, -0.05) is 23.7 Å². The van der Waals surface area contributed by atoms with Crippen molar-refractivity contribution in [2.45, 2.75) is 12.8 Å². The Bertz CT molecular complexity index is 978. The fourth-order valence-electron chi connectivity index (χ4n) is 3.42. The zero-order valence-corrected chi connectivity index (χ0v) is 17.4. The highest BCUT2D eigenvalue weighted by Gasteiger charge is 2.28. The van der Waals surface area contributed by atoms with Crippen molar-refractivity contribution in [1.29, 1.82) is 0 Å². The lowest BCUT2D eigenvalue weighted by Crippen LogP contribution is -2.44. The van der Waals surface area contributed by atoms with Gasteiger partial charge in [0.05, 0.1) is 16.1 Å². The summed E-state index contributed by atoms with van der Waals surface area (Å²) in [6.07, 6.45) is 0.874. The molecule has 1 aliphatic heterocycles. The summed E-state index contributed by atoms with van der Waals surface area (Å²) in [6.45, 7) is 1.11. The van der Waals surface area contributed by atoms with E-state index in [2.05, 4.69) is 10.6 Å². The molecule has 1 saturated heterocycles. The van der Waals surface area contributed by atoms with Gasteiger partial charge in [0.2, 0.25) is 5.91 Å². The quantitative estimate of drug-likeness (QED) is 0.665. The molecule has 1 aliphatic rings. The van der Waals surface area contributed by atoms with Crippen LogP contribution in [0.2, 0.25) is 5.02 Å². The van der Waals surface area contributed by atoms with E-state index in [9.17, 15) is 23.2 Å². The van der Waals surface area contributed by atoms with Gasteiger partial charge in [-0.2, -0.15) is 0 Å². The predicted molar refractivity (Wildman–Crippen MR) is 112 cm³/mol. The first kappa shape index (κ1) is 22.7. The van der Waals surface area contributed by atoms with Gasteiger partial charge in [-0.15, -0.1) is 0 Å². The summed E-state index contributed by atoms with van der Waals surface area (Å²) in [7, 11) is 0. The SMILES string of the molecule is O=C(NCCNC(=O)C1CCN(C(=O)c2ccc(F)cc2F)CC1)c1ccccc1Cl. The molecule has 0 spiro atoms. The van der Waals surface area contributed by atoms with Crippen molar-refractivity contribution in [3.8, 4) is 0 Å². The molecule has 0 aromatic heterocycles. The maximum Gasteiger partial charge on any atom is 0.256 e. The van der Waals surface area contributed by atoms with Crippen LogP contribution >= 0.6 is 11.6 Å². The van der Waals surface area contributed by atoms with E-state index < -0.39 is 17.5 Å². The Morgan fingerprint density at radius 3 is 2.32 bits per heavy atom. The lowest BCUT2D eigenvalue weighted by atomic mass is 9.95. The van der Waals surface area contributed by atoms with Crippen LogP contribution in [0.3, 0.4) is 0 Å². The molecule has 3 rings (SSSR count). The molecule has 31 heavy (non-hydrogen) atoms. The number of nitrogens with zero attached hydrogens (tertiary/aromatic N) is 1. The summed E-state index contributed by atoms with van der Waals surface area (Å²) in [4.78, 5) is 38.3. The third-order valence-electron chi connectivity index (χ3n) is 5.14. The van der Waals surface area contributed by atoms with E-state index in [0.717, 1.165) is 12.1 Å². The van der Waals surface area contributed by atoms with E-state index in [0.29, 0.717) is 42.6 Å². The molecule has 0 aliphatic carbocycles. The van der Waals surface area contributed by atoms with E-state index >= 15 is 0 Å². The highest BCUT2D eigenvalue weighted by Crippen LogP contribution is 2.21. The molecule has 1 fully saturated rings. The van der Waals surface area contributed by atoms with Crippen LogP contribution in [0.4, 0.5) is 8.78 Å². The topological polar surface area (TPSA) is 78.5 Å². The first-order chi connectivity index (χ1) is 14.9. The molecule has 164 valence electrons. The van der Waals surface area contributed by atoms with Crippen LogP contribution in [0, 0.1) is 17.6 Å². The number of carbonyl (C=O) groups is 3. The van der Waals surface area contributed by atoms with Gasteiger partial charge in [-0.25, -0.2) is 8.78 Å². The Labute approximate surface area is 183 Å². The summed E-state index contributed by atoms with van der Waals surface area (Å²) in [6, 6.07) is 9.53. The molecule has 0 bridgehead atoms. The molecule has 9 heteroatoms. The maximum atomic E-state index is 13.8. The number of benzene rings is 2. The summed E-state index contributed by atoms with van der Waals surface area (Å²) in [5, 5.41) is 5.82. The van der Waals surface area contributed by atoms with Gasteiger partial charge in [0.1, 0.15) is 11.6 Å². The molecule has 0 radical (unpaired) electrons. The smallest absolute Gasteiger partial charge is 0.256 e. The number of amides is 3. The van der Waals surface area contributed by atoms with Crippen molar-refractivity contribution in [2.75, 3.05) is 26.2 Å². The highest BCUT2D eigenvalue weighted by molar-refractivity contribution is 6.33. The molecule has 2 aromatic rings. The number of piperidine rings is 1. The maximum absolute atomic E-state index is 13.8. The first-order valence-corrected chi connectivity index (χ1v) is 10.3. The molecule has 1 heterocycles. The normalized spacial score (nSPS) is 14.2. The highest BCUT2D eigenvalue weighted by atomic mass is 35.5. The minimum Gasteiger partial charge on any atom is -0.354 e. The summed E-state index contributed by atoms with van der Waals surface area (Å²) in [5.74, 6) is -2.91. The van der Waals surface area contributed by atoms with Gasteiger partial charge in [0.15, 0.2) is 0 Å². The molecule has 3 amide bonds. The van der Waals surface area contributed by atoms with Gasteiger partial charge in [-0.05, 0) is 37.1 Å². The minimum atomic E-state index is -0.899. The Morgan fingerprint density at radius 1 is 0.968 bits per heavy atom. The number of hydrogen-bond acceptors (Lipinski definition) is 3. The van der Waals surface area contributed by atoms with E-state index in [1.165, 1.54) is 4.90 Å². The zero-order valence-electron chi connectivity index (χ0n) is 16.7. The lowest BCUT2D eigenvalue weighted by molar-refractivity contribution is -0.126. The number of likely N-dealkylation sites (tertiary alicyclic amines) is 1. The number of halogens is 3. The molecule has 6 nitrogen and oxygen atoms in total. The van der Waals surface area contributed by atoms with Gasteiger partial charge in [0.25, 0.3) is 11.8 Å².